The Hall–Kier alpha value is -0.340. The van der Waals surface area contributed by atoms with Crippen molar-refractivity contribution in [2.75, 3.05) is 13.7 Å². The van der Waals surface area contributed by atoms with Gasteiger partial charge in [0.05, 0.1) is 6.61 Å². The molecular formula is C7H12O2. The zero-order valence-corrected chi connectivity index (χ0v) is 5.72. The molecule has 0 spiro atoms. The first-order chi connectivity index (χ1) is 4.33. The monoisotopic (exact) mass is 128 g/mol. The Morgan fingerprint density at radius 1 is 1.78 bits per heavy atom. The summed E-state index contributed by atoms with van der Waals surface area (Å²) in [7, 11) is 1.66. The van der Waals surface area contributed by atoms with Gasteiger partial charge in [0, 0.05) is 13.5 Å². The molecule has 1 rings (SSSR count). The minimum absolute atomic E-state index is 0.0359. The van der Waals surface area contributed by atoms with Gasteiger partial charge in [-0.3, -0.25) is 0 Å². The number of rotatable bonds is 1. The van der Waals surface area contributed by atoms with Crippen molar-refractivity contribution in [1.82, 2.24) is 0 Å². The highest BCUT2D eigenvalue weighted by atomic mass is 16.7. The summed E-state index contributed by atoms with van der Waals surface area (Å²) in [6.07, 6.45) is 1.81. The van der Waals surface area contributed by atoms with Gasteiger partial charge in [0.15, 0.2) is 6.29 Å². The second-order valence-corrected chi connectivity index (χ2v) is 2.24. The molecule has 2 nitrogen and oxygen atoms in total. The van der Waals surface area contributed by atoms with Crippen molar-refractivity contribution >= 4 is 0 Å². The standard InChI is InChI=1S/C7H12O2/c1-6-3-4-9-7(5-6)8-2/h7H,1,3-5H2,2H3/t7-/m1/s1. The minimum Gasteiger partial charge on any atom is -0.356 e. The van der Waals surface area contributed by atoms with Gasteiger partial charge in [-0.2, -0.15) is 0 Å². The van der Waals surface area contributed by atoms with E-state index in [-0.39, 0.29) is 6.29 Å². The van der Waals surface area contributed by atoms with E-state index in [9.17, 15) is 0 Å². The Labute approximate surface area is 55.5 Å². The maximum absolute atomic E-state index is 5.21. The summed E-state index contributed by atoms with van der Waals surface area (Å²) in [5.74, 6) is 0. The molecule has 9 heavy (non-hydrogen) atoms. The molecule has 1 heterocycles. The average Bonchev–Trinajstić information content (AvgIpc) is 1.88. The van der Waals surface area contributed by atoms with Gasteiger partial charge in [-0.1, -0.05) is 12.2 Å². The Morgan fingerprint density at radius 2 is 2.56 bits per heavy atom. The molecule has 2 heteroatoms. The van der Waals surface area contributed by atoms with Gasteiger partial charge in [-0.15, -0.1) is 0 Å². The fraction of sp³-hybridized carbons (Fsp3) is 0.714. The molecule has 1 atom stereocenters. The predicted molar refractivity (Wildman–Crippen MR) is 35.1 cm³/mol. The number of hydrogen-bond acceptors (Lipinski definition) is 2. The van der Waals surface area contributed by atoms with Crippen molar-refractivity contribution in [2.24, 2.45) is 0 Å². The topological polar surface area (TPSA) is 18.5 Å². The quantitative estimate of drug-likeness (QED) is 0.496. The van der Waals surface area contributed by atoms with Crippen LogP contribution in [0.15, 0.2) is 12.2 Å². The zero-order chi connectivity index (χ0) is 6.69. The Bertz CT molecular complexity index is 109. The fourth-order valence-corrected chi connectivity index (χ4v) is 0.883. The highest BCUT2D eigenvalue weighted by Gasteiger charge is 2.14. The van der Waals surface area contributed by atoms with Gasteiger partial charge >= 0.3 is 0 Å². The van der Waals surface area contributed by atoms with Crippen molar-refractivity contribution in [2.45, 2.75) is 19.1 Å². The van der Waals surface area contributed by atoms with E-state index < -0.39 is 0 Å². The van der Waals surface area contributed by atoms with E-state index >= 15 is 0 Å². The molecule has 0 aromatic rings. The lowest BCUT2D eigenvalue weighted by atomic mass is 10.1. The molecule has 1 aliphatic heterocycles. The van der Waals surface area contributed by atoms with Crippen molar-refractivity contribution in [3.8, 4) is 0 Å². The van der Waals surface area contributed by atoms with Gasteiger partial charge in [0.1, 0.15) is 0 Å². The van der Waals surface area contributed by atoms with E-state index in [1.54, 1.807) is 7.11 Å². The Balaban J connectivity index is 2.32. The van der Waals surface area contributed by atoms with Crippen molar-refractivity contribution in [3.05, 3.63) is 12.2 Å². The first-order valence-corrected chi connectivity index (χ1v) is 3.14. The van der Waals surface area contributed by atoms with Crippen molar-refractivity contribution < 1.29 is 9.47 Å². The third-order valence-electron chi connectivity index (χ3n) is 1.48. The van der Waals surface area contributed by atoms with Crippen LogP contribution in [0.1, 0.15) is 12.8 Å². The largest absolute Gasteiger partial charge is 0.356 e. The Morgan fingerprint density at radius 3 is 3.00 bits per heavy atom. The molecule has 0 saturated carbocycles. The molecule has 52 valence electrons. The normalized spacial score (nSPS) is 28.6. The fourth-order valence-electron chi connectivity index (χ4n) is 0.883. The molecule has 1 fully saturated rings. The van der Waals surface area contributed by atoms with Gasteiger partial charge < -0.3 is 9.47 Å². The van der Waals surface area contributed by atoms with E-state index in [1.807, 2.05) is 0 Å². The van der Waals surface area contributed by atoms with E-state index in [0.717, 1.165) is 19.4 Å². The van der Waals surface area contributed by atoms with E-state index in [2.05, 4.69) is 6.58 Å². The molecule has 0 aromatic carbocycles. The van der Waals surface area contributed by atoms with Crippen molar-refractivity contribution in [3.63, 3.8) is 0 Å². The predicted octanol–water partition coefficient (Wildman–Crippen LogP) is 1.33. The summed E-state index contributed by atoms with van der Waals surface area (Å²) < 4.78 is 10.2. The summed E-state index contributed by atoms with van der Waals surface area (Å²) in [5.41, 5.74) is 1.23. The lowest BCUT2D eigenvalue weighted by Gasteiger charge is -2.22. The average molecular weight is 128 g/mol. The second kappa shape index (κ2) is 2.99. The molecule has 0 unspecified atom stereocenters. The third-order valence-corrected chi connectivity index (χ3v) is 1.48. The van der Waals surface area contributed by atoms with Gasteiger partial charge in [-0.25, -0.2) is 0 Å². The maximum atomic E-state index is 5.21. The number of methoxy groups -OCH3 is 1. The van der Waals surface area contributed by atoms with Crippen LogP contribution in [-0.4, -0.2) is 20.0 Å². The lowest BCUT2D eigenvalue weighted by Crippen LogP contribution is -2.21. The molecule has 0 bridgehead atoms. The smallest absolute Gasteiger partial charge is 0.160 e. The maximum Gasteiger partial charge on any atom is 0.160 e. The zero-order valence-electron chi connectivity index (χ0n) is 5.72. The molecule has 0 radical (unpaired) electrons. The van der Waals surface area contributed by atoms with E-state index in [4.69, 9.17) is 9.47 Å². The lowest BCUT2D eigenvalue weighted by molar-refractivity contribution is -0.133. The summed E-state index contributed by atoms with van der Waals surface area (Å²) in [6.45, 7) is 4.61. The minimum atomic E-state index is -0.0359. The summed E-state index contributed by atoms with van der Waals surface area (Å²) in [6, 6.07) is 0. The molecule has 0 aromatic heterocycles. The van der Waals surface area contributed by atoms with Gasteiger partial charge in [0.25, 0.3) is 0 Å². The van der Waals surface area contributed by atoms with Crippen LogP contribution in [0.25, 0.3) is 0 Å². The highest BCUT2D eigenvalue weighted by Crippen LogP contribution is 2.16. The first-order valence-electron chi connectivity index (χ1n) is 3.14. The van der Waals surface area contributed by atoms with Crippen LogP contribution in [0.4, 0.5) is 0 Å². The molecule has 0 aliphatic carbocycles. The van der Waals surface area contributed by atoms with Crippen LogP contribution in [0.2, 0.25) is 0 Å². The van der Waals surface area contributed by atoms with Crippen LogP contribution in [0, 0.1) is 0 Å². The van der Waals surface area contributed by atoms with Crippen molar-refractivity contribution in [1.29, 1.82) is 0 Å². The molecule has 1 aliphatic rings. The van der Waals surface area contributed by atoms with Crippen LogP contribution in [0.3, 0.4) is 0 Å². The molecular weight excluding hydrogens is 116 g/mol. The van der Waals surface area contributed by atoms with Crippen LogP contribution in [-0.2, 0) is 9.47 Å². The van der Waals surface area contributed by atoms with Gasteiger partial charge in [0.2, 0.25) is 0 Å². The third kappa shape index (κ3) is 1.80. The summed E-state index contributed by atoms with van der Waals surface area (Å²) in [5, 5.41) is 0. The van der Waals surface area contributed by atoms with Crippen LogP contribution in [0.5, 0.6) is 0 Å². The second-order valence-electron chi connectivity index (χ2n) is 2.24. The first kappa shape index (κ1) is 6.78. The molecule has 0 amide bonds. The molecule has 1 saturated heterocycles. The van der Waals surface area contributed by atoms with Crippen LogP contribution < -0.4 is 0 Å². The molecule has 0 N–H and O–H groups in total. The summed E-state index contributed by atoms with van der Waals surface area (Å²) in [4.78, 5) is 0. The van der Waals surface area contributed by atoms with E-state index in [1.165, 1.54) is 5.57 Å². The SMILES string of the molecule is C=C1CCO[C@@H](OC)C1. The number of hydrogen-bond donors (Lipinski definition) is 0. The van der Waals surface area contributed by atoms with Crippen LogP contribution >= 0.6 is 0 Å². The van der Waals surface area contributed by atoms with E-state index in [0.29, 0.717) is 0 Å². The Kier molecular flexibility index (Phi) is 2.25. The number of ether oxygens (including phenoxy) is 2. The van der Waals surface area contributed by atoms with Gasteiger partial charge in [-0.05, 0) is 6.42 Å². The highest BCUT2D eigenvalue weighted by molar-refractivity contribution is 4.96. The summed E-state index contributed by atoms with van der Waals surface area (Å²) >= 11 is 0.